The number of benzene rings is 3. The predicted octanol–water partition coefficient (Wildman–Crippen LogP) is 4.36. The SMILES string of the molecule is O=C(O)c1cccc(NC(=NCCc2ccccc2)N2CCN(c3ccccc3F)CC2)c1. The van der Waals surface area contributed by atoms with E-state index in [4.69, 9.17) is 4.99 Å². The number of hydrogen-bond donors (Lipinski definition) is 2. The summed E-state index contributed by atoms with van der Waals surface area (Å²) in [6.07, 6.45) is 0.802. The molecule has 0 saturated carbocycles. The van der Waals surface area contributed by atoms with Crippen molar-refractivity contribution < 1.29 is 14.3 Å². The number of para-hydroxylation sites is 1. The number of guanidine groups is 1. The van der Waals surface area contributed by atoms with Crippen molar-refractivity contribution in [1.29, 1.82) is 0 Å². The van der Waals surface area contributed by atoms with E-state index < -0.39 is 5.97 Å². The molecule has 0 bridgehead atoms. The fourth-order valence-corrected chi connectivity index (χ4v) is 3.88. The molecule has 1 aliphatic heterocycles. The van der Waals surface area contributed by atoms with Crippen LogP contribution >= 0.6 is 0 Å². The third kappa shape index (κ3) is 5.88. The molecule has 0 unspecified atom stereocenters. The van der Waals surface area contributed by atoms with Gasteiger partial charge in [0.15, 0.2) is 5.96 Å². The largest absolute Gasteiger partial charge is 0.478 e. The van der Waals surface area contributed by atoms with Crippen LogP contribution in [0.1, 0.15) is 15.9 Å². The van der Waals surface area contributed by atoms with Gasteiger partial charge in [0.1, 0.15) is 5.82 Å². The molecule has 7 heteroatoms. The fourth-order valence-electron chi connectivity index (χ4n) is 3.88. The maximum absolute atomic E-state index is 14.2. The summed E-state index contributed by atoms with van der Waals surface area (Å²) in [6.45, 7) is 3.26. The molecule has 0 aliphatic carbocycles. The third-order valence-corrected chi connectivity index (χ3v) is 5.64. The summed E-state index contributed by atoms with van der Waals surface area (Å²) in [6, 6.07) is 23.7. The van der Waals surface area contributed by atoms with Crippen LogP contribution < -0.4 is 10.2 Å². The first-order valence-corrected chi connectivity index (χ1v) is 11.0. The first-order valence-electron chi connectivity index (χ1n) is 11.0. The number of carboxylic acids is 1. The van der Waals surface area contributed by atoms with Gasteiger partial charge in [-0.2, -0.15) is 0 Å². The normalized spacial score (nSPS) is 14.3. The number of piperazine rings is 1. The minimum absolute atomic E-state index is 0.216. The van der Waals surface area contributed by atoms with Crippen molar-refractivity contribution in [3.05, 3.63) is 95.8 Å². The summed E-state index contributed by atoms with van der Waals surface area (Å²) in [7, 11) is 0. The Labute approximate surface area is 193 Å². The van der Waals surface area contributed by atoms with Gasteiger partial charge in [-0.15, -0.1) is 0 Å². The third-order valence-electron chi connectivity index (χ3n) is 5.64. The van der Waals surface area contributed by atoms with E-state index in [0.29, 0.717) is 50.1 Å². The second-order valence-electron chi connectivity index (χ2n) is 7.88. The smallest absolute Gasteiger partial charge is 0.335 e. The van der Waals surface area contributed by atoms with Gasteiger partial charge in [0, 0.05) is 38.4 Å². The molecule has 170 valence electrons. The second-order valence-corrected chi connectivity index (χ2v) is 7.88. The van der Waals surface area contributed by atoms with Gasteiger partial charge in [-0.05, 0) is 42.3 Å². The van der Waals surface area contributed by atoms with Gasteiger partial charge in [0.25, 0.3) is 0 Å². The van der Waals surface area contributed by atoms with Crippen LogP contribution in [-0.2, 0) is 6.42 Å². The molecule has 0 amide bonds. The highest BCUT2D eigenvalue weighted by atomic mass is 19.1. The average molecular weight is 447 g/mol. The lowest BCUT2D eigenvalue weighted by molar-refractivity contribution is 0.0697. The lowest BCUT2D eigenvalue weighted by atomic mass is 10.1. The number of halogens is 1. The van der Waals surface area contributed by atoms with Gasteiger partial charge in [-0.25, -0.2) is 9.18 Å². The van der Waals surface area contributed by atoms with Gasteiger partial charge in [0.05, 0.1) is 11.3 Å². The van der Waals surface area contributed by atoms with Crippen molar-refractivity contribution in [1.82, 2.24) is 4.90 Å². The van der Waals surface area contributed by atoms with Crippen molar-refractivity contribution in [2.75, 3.05) is 42.9 Å². The number of aliphatic imine (C=N–C) groups is 1. The summed E-state index contributed by atoms with van der Waals surface area (Å²) in [5.74, 6) is -0.493. The standard InChI is InChI=1S/C26H27FN4O2/c27-23-11-4-5-12-24(23)30-15-17-31(18-16-30)26(28-14-13-20-7-2-1-3-8-20)29-22-10-6-9-21(19-22)25(32)33/h1-12,19H,13-18H2,(H,28,29)(H,32,33). The molecule has 1 heterocycles. The summed E-state index contributed by atoms with van der Waals surface area (Å²) >= 11 is 0. The Morgan fingerprint density at radius 2 is 1.67 bits per heavy atom. The lowest BCUT2D eigenvalue weighted by Gasteiger charge is -2.37. The van der Waals surface area contributed by atoms with E-state index in [-0.39, 0.29) is 11.4 Å². The van der Waals surface area contributed by atoms with E-state index in [1.54, 1.807) is 30.3 Å². The molecule has 4 rings (SSSR count). The fraction of sp³-hybridized carbons (Fsp3) is 0.231. The molecule has 3 aromatic rings. The highest BCUT2D eigenvalue weighted by Gasteiger charge is 2.22. The van der Waals surface area contributed by atoms with Crippen molar-refractivity contribution >= 4 is 23.3 Å². The van der Waals surface area contributed by atoms with E-state index in [2.05, 4.69) is 22.3 Å². The van der Waals surface area contributed by atoms with Crippen LogP contribution in [0.25, 0.3) is 0 Å². The number of hydrogen-bond acceptors (Lipinski definition) is 3. The van der Waals surface area contributed by atoms with E-state index >= 15 is 0 Å². The minimum Gasteiger partial charge on any atom is -0.478 e. The molecule has 0 atom stereocenters. The van der Waals surface area contributed by atoms with Gasteiger partial charge in [-0.3, -0.25) is 4.99 Å². The van der Waals surface area contributed by atoms with Gasteiger partial charge in [-0.1, -0.05) is 48.5 Å². The number of carboxylic acid groups (broad SMARTS) is 1. The molecule has 1 aliphatic rings. The highest BCUT2D eigenvalue weighted by molar-refractivity contribution is 5.96. The summed E-state index contributed by atoms with van der Waals surface area (Å²) in [5, 5.41) is 12.6. The molecule has 0 radical (unpaired) electrons. The van der Waals surface area contributed by atoms with Crippen LogP contribution in [0.15, 0.2) is 83.9 Å². The number of nitrogens with zero attached hydrogens (tertiary/aromatic N) is 3. The molecule has 3 aromatic carbocycles. The zero-order valence-corrected chi connectivity index (χ0v) is 18.3. The highest BCUT2D eigenvalue weighted by Crippen LogP contribution is 2.21. The number of rotatable bonds is 6. The zero-order valence-electron chi connectivity index (χ0n) is 18.3. The van der Waals surface area contributed by atoms with Gasteiger partial charge < -0.3 is 20.2 Å². The van der Waals surface area contributed by atoms with Crippen LogP contribution in [0, 0.1) is 5.82 Å². The Morgan fingerprint density at radius 3 is 2.39 bits per heavy atom. The monoisotopic (exact) mass is 446 g/mol. The maximum Gasteiger partial charge on any atom is 0.335 e. The van der Waals surface area contributed by atoms with Crippen molar-refractivity contribution in [3.63, 3.8) is 0 Å². The maximum atomic E-state index is 14.2. The first-order chi connectivity index (χ1) is 16.1. The Morgan fingerprint density at radius 1 is 0.939 bits per heavy atom. The van der Waals surface area contributed by atoms with Gasteiger partial charge >= 0.3 is 5.97 Å². The predicted molar refractivity (Wildman–Crippen MR) is 130 cm³/mol. The van der Waals surface area contributed by atoms with E-state index in [9.17, 15) is 14.3 Å². The summed E-state index contributed by atoms with van der Waals surface area (Å²) in [4.78, 5) is 20.4. The molecule has 33 heavy (non-hydrogen) atoms. The molecule has 0 aromatic heterocycles. The molecule has 0 spiro atoms. The topological polar surface area (TPSA) is 68.2 Å². The molecule has 1 saturated heterocycles. The number of nitrogens with one attached hydrogen (secondary N) is 1. The van der Waals surface area contributed by atoms with E-state index in [1.165, 1.54) is 11.6 Å². The number of carbonyl (C=O) groups is 1. The Bertz CT molecular complexity index is 1110. The van der Waals surface area contributed by atoms with E-state index in [0.717, 1.165) is 6.42 Å². The quantitative estimate of drug-likeness (QED) is 0.435. The lowest BCUT2D eigenvalue weighted by Crippen LogP contribution is -2.51. The van der Waals surface area contributed by atoms with Crippen molar-refractivity contribution in [2.45, 2.75) is 6.42 Å². The second kappa shape index (κ2) is 10.6. The molecule has 1 fully saturated rings. The van der Waals surface area contributed by atoms with E-state index in [1.807, 2.05) is 35.2 Å². The van der Waals surface area contributed by atoms with Crippen molar-refractivity contribution in [2.24, 2.45) is 4.99 Å². The van der Waals surface area contributed by atoms with Crippen molar-refractivity contribution in [3.8, 4) is 0 Å². The molecular formula is C26H27FN4O2. The molecule has 6 nitrogen and oxygen atoms in total. The summed E-state index contributed by atoms with van der Waals surface area (Å²) in [5.41, 5.74) is 2.71. The minimum atomic E-state index is -0.972. The van der Waals surface area contributed by atoms with Crippen LogP contribution in [0.3, 0.4) is 0 Å². The van der Waals surface area contributed by atoms with Gasteiger partial charge in [0.2, 0.25) is 0 Å². The Kier molecular flexibility index (Phi) is 7.19. The molecule has 2 N–H and O–H groups in total. The average Bonchev–Trinajstić information content (AvgIpc) is 2.85. The number of aromatic carboxylic acids is 1. The van der Waals surface area contributed by atoms with Crippen LogP contribution in [0.2, 0.25) is 0 Å². The Balaban J connectivity index is 1.48. The Hall–Kier alpha value is -3.87. The summed E-state index contributed by atoms with van der Waals surface area (Å²) < 4.78 is 14.2. The molecular weight excluding hydrogens is 419 g/mol. The van der Waals surface area contributed by atoms with Crippen LogP contribution in [-0.4, -0.2) is 54.7 Å². The number of anilines is 2. The zero-order chi connectivity index (χ0) is 23.0. The first kappa shape index (κ1) is 22.3. The van der Waals surface area contributed by atoms with Crippen LogP contribution in [0.5, 0.6) is 0 Å². The van der Waals surface area contributed by atoms with Crippen LogP contribution in [0.4, 0.5) is 15.8 Å².